The molecule has 0 aliphatic rings. The number of aryl methyl sites for hydroxylation is 2. The molecule has 2 rings (SSSR count). The Morgan fingerprint density at radius 2 is 1.64 bits per heavy atom. The van der Waals surface area contributed by atoms with Crippen molar-refractivity contribution in [3.05, 3.63) is 44.1 Å². The topological polar surface area (TPSA) is 60.4 Å². The van der Waals surface area contributed by atoms with Crippen LogP contribution >= 0.6 is 0 Å². The zero-order valence-electron chi connectivity index (χ0n) is 7.79. The minimum absolute atomic E-state index is 0.303. The summed E-state index contributed by atoms with van der Waals surface area (Å²) >= 11 is 0. The Balaban J connectivity index is 3.04. The van der Waals surface area contributed by atoms with E-state index in [4.69, 9.17) is 8.83 Å². The summed E-state index contributed by atoms with van der Waals surface area (Å²) < 4.78 is 9.61. The minimum atomic E-state index is -0.972. The number of hydrogen-bond donors (Lipinski definition) is 0. The number of fused-ring (bicyclic) bond motifs is 1. The maximum Gasteiger partial charge on any atom is 0.423 e. The van der Waals surface area contributed by atoms with Crippen molar-refractivity contribution in [1.82, 2.24) is 0 Å². The molecule has 1 aromatic heterocycles. The molecule has 72 valence electrons. The molecule has 0 saturated carbocycles. The van der Waals surface area contributed by atoms with Gasteiger partial charge in [0.1, 0.15) is 0 Å². The van der Waals surface area contributed by atoms with E-state index in [1.807, 2.05) is 6.92 Å². The minimum Gasteiger partial charge on any atom is -0.414 e. The van der Waals surface area contributed by atoms with Crippen molar-refractivity contribution in [3.63, 3.8) is 0 Å². The molecule has 2 aromatic rings. The molecule has 0 amide bonds. The third kappa shape index (κ3) is 1.16. The van der Waals surface area contributed by atoms with Gasteiger partial charge in [-0.2, -0.15) is 0 Å². The first-order valence-corrected chi connectivity index (χ1v) is 4.14. The van der Waals surface area contributed by atoms with Crippen LogP contribution in [-0.2, 0) is 0 Å². The van der Waals surface area contributed by atoms with Crippen LogP contribution in [0.5, 0.6) is 0 Å². The molecule has 0 saturated heterocycles. The summed E-state index contributed by atoms with van der Waals surface area (Å²) in [5.41, 5.74) is 0.497. The van der Waals surface area contributed by atoms with Crippen LogP contribution in [0.4, 0.5) is 0 Å². The van der Waals surface area contributed by atoms with Gasteiger partial charge in [0.2, 0.25) is 0 Å². The lowest BCUT2D eigenvalue weighted by molar-refractivity contribution is 0.447. The number of benzene rings is 1. The third-order valence-corrected chi connectivity index (χ3v) is 2.20. The highest BCUT2D eigenvalue weighted by Crippen LogP contribution is 2.18. The van der Waals surface area contributed by atoms with Crippen LogP contribution in [0.1, 0.15) is 11.1 Å². The lowest BCUT2D eigenvalue weighted by atomic mass is 10.1. The van der Waals surface area contributed by atoms with E-state index in [-0.39, 0.29) is 0 Å². The second-order valence-corrected chi connectivity index (χ2v) is 3.11. The first-order chi connectivity index (χ1) is 6.59. The Labute approximate surface area is 78.8 Å². The molecule has 0 aliphatic heterocycles. The molecular weight excluding hydrogens is 184 g/mol. The van der Waals surface area contributed by atoms with Gasteiger partial charge < -0.3 is 8.83 Å². The summed E-state index contributed by atoms with van der Waals surface area (Å²) in [4.78, 5) is 21.8. The Kier molecular flexibility index (Phi) is 1.77. The van der Waals surface area contributed by atoms with Gasteiger partial charge in [-0.1, -0.05) is 6.07 Å². The van der Waals surface area contributed by atoms with Crippen LogP contribution in [0.15, 0.2) is 30.6 Å². The zero-order chi connectivity index (χ0) is 10.3. The molecule has 4 heteroatoms. The summed E-state index contributed by atoms with van der Waals surface area (Å²) in [5, 5.41) is 0. The predicted molar refractivity (Wildman–Crippen MR) is 50.5 cm³/mol. The van der Waals surface area contributed by atoms with Crippen molar-refractivity contribution in [3.8, 4) is 0 Å². The van der Waals surface area contributed by atoms with E-state index in [1.165, 1.54) is 0 Å². The van der Waals surface area contributed by atoms with Crippen LogP contribution in [0.25, 0.3) is 11.2 Å². The monoisotopic (exact) mass is 192 g/mol. The lowest BCUT2D eigenvalue weighted by Gasteiger charge is -2.00. The van der Waals surface area contributed by atoms with Gasteiger partial charge in [-0.05, 0) is 31.0 Å². The Morgan fingerprint density at radius 1 is 1.00 bits per heavy atom. The second kappa shape index (κ2) is 2.83. The molecule has 1 aromatic carbocycles. The fourth-order valence-corrected chi connectivity index (χ4v) is 1.25. The molecule has 1 heterocycles. The van der Waals surface area contributed by atoms with Gasteiger partial charge in [0, 0.05) is 0 Å². The zero-order valence-corrected chi connectivity index (χ0v) is 7.79. The molecule has 0 aliphatic carbocycles. The molecule has 14 heavy (non-hydrogen) atoms. The normalized spacial score (nSPS) is 10.7. The van der Waals surface area contributed by atoms with Crippen LogP contribution in [0.2, 0.25) is 0 Å². The Morgan fingerprint density at radius 3 is 2.36 bits per heavy atom. The first-order valence-electron chi connectivity index (χ1n) is 4.14. The van der Waals surface area contributed by atoms with E-state index in [9.17, 15) is 9.59 Å². The molecule has 4 nitrogen and oxygen atoms in total. The van der Waals surface area contributed by atoms with Crippen LogP contribution in [-0.4, -0.2) is 0 Å². The number of hydrogen-bond acceptors (Lipinski definition) is 4. The molecule has 0 fully saturated rings. The average Bonchev–Trinajstić information content (AvgIpc) is 2.15. The number of rotatable bonds is 0. The first kappa shape index (κ1) is 8.74. The summed E-state index contributed by atoms with van der Waals surface area (Å²) in [6.07, 6.45) is 0. The van der Waals surface area contributed by atoms with Crippen molar-refractivity contribution >= 4 is 11.2 Å². The predicted octanol–water partition coefficient (Wildman–Crippen LogP) is 1.36. The highest BCUT2D eigenvalue weighted by Gasteiger charge is 2.07. The Hall–Kier alpha value is -1.84. The molecule has 0 bridgehead atoms. The van der Waals surface area contributed by atoms with Crippen molar-refractivity contribution in [2.45, 2.75) is 13.8 Å². The summed E-state index contributed by atoms with van der Waals surface area (Å²) in [6, 6.07) is 3.42. The quantitative estimate of drug-likeness (QED) is 0.591. The molecular formula is C10H8O4. The van der Waals surface area contributed by atoms with E-state index in [1.54, 1.807) is 19.1 Å². The third-order valence-electron chi connectivity index (χ3n) is 2.20. The van der Waals surface area contributed by atoms with E-state index < -0.39 is 11.3 Å². The molecule has 0 atom stereocenters. The van der Waals surface area contributed by atoms with Gasteiger partial charge in [-0.25, -0.2) is 9.59 Å². The maximum absolute atomic E-state index is 10.9. The fraction of sp³-hybridized carbons (Fsp3) is 0.200. The highest BCUT2D eigenvalue weighted by molar-refractivity contribution is 5.74. The van der Waals surface area contributed by atoms with Crippen molar-refractivity contribution in [2.75, 3.05) is 0 Å². The summed E-state index contributed by atoms with van der Waals surface area (Å²) in [5.74, 6) is 0. The fourth-order valence-electron chi connectivity index (χ4n) is 1.25. The van der Waals surface area contributed by atoms with Gasteiger partial charge in [-0.15, -0.1) is 0 Å². The van der Waals surface area contributed by atoms with Gasteiger partial charge in [-0.3, -0.25) is 0 Å². The van der Waals surface area contributed by atoms with Crippen molar-refractivity contribution in [2.24, 2.45) is 0 Å². The standard InChI is InChI=1S/C10H8O4/c1-5-3-4-7-8(6(5)2)14-10(12)9(11)13-7/h3-4H,1-2H3. The van der Waals surface area contributed by atoms with E-state index in [0.29, 0.717) is 11.2 Å². The van der Waals surface area contributed by atoms with Crippen molar-refractivity contribution < 1.29 is 8.83 Å². The van der Waals surface area contributed by atoms with Gasteiger partial charge in [0.25, 0.3) is 0 Å². The van der Waals surface area contributed by atoms with E-state index >= 15 is 0 Å². The lowest BCUT2D eigenvalue weighted by Crippen LogP contribution is -2.21. The summed E-state index contributed by atoms with van der Waals surface area (Å²) in [6.45, 7) is 3.69. The van der Waals surface area contributed by atoms with Gasteiger partial charge in [0.05, 0.1) is 0 Å². The molecule has 0 unspecified atom stereocenters. The largest absolute Gasteiger partial charge is 0.423 e. The van der Waals surface area contributed by atoms with Crippen LogP contribution in [0.3, 0.4) is 0 Å². The summed E-state index contributed by atoms with van der Waals surface area (Å²) in [7, 11) is 0. The molecule has 0 spiro atoms. The second-order valence-electron chi connectivity index (χ2n) is 3.11. The molecule has 0 N–H and O–H groups in total. The van der Waals surface area contributed by atoms with Gasteiger partial charge >= 0.3 is 11.3 Å². The van der Waals surface area contributed by atoms with Crippen molar-refractivity contribution in [1.29, 1.82) is 0 Å². The SMILES string of the molecule is Cc1ccc2oc(=O)c(=O)oc2c1C. The van der Waals surface area contributed by atoms with Crippen LogP contribution in [0, 0.1) is 13.8 Å². The highest BCUT2D eigenvalue weighted by atomic mass is 16.5. The maximum atomic E-state index is 10.9. The van der Waals surface area contributed by atoms with Crippen LogP contribution < -0.4 is 11.3 Å². The Bertz CT molecular complexity index is 604. The van der Waals surface area contributed by atoms with E-state index in [0.717, 1.165) is 11.1 Å². The van der Waals surface area contributed by atoms with Gasteiger partial charge in [0.15, 0.2) is 11.2 Å². The smallest absolute Gasteiger partial charge is 0.414 e. The average molecular weight is 192 g/mol. The molecule has 0 radical (unpaired) electrons. The van der Waals surface area contributed by atoms with E-state index in [2.05, 4.69) is 0 Å².